The number of benzene rings is 2. The van der Waals surface area contributed by atoms with Crippen LogP contribution in [0.4, 0.5) is 0 Å². The van der Waals surface area contributed by atoms with Crippen LogP contribution >= 0.6 is 0 Å². The van der Waals surface area contributed by atoms with E-state index < -0.39 is 5.97 Å². The number of aromatic hydroxyl groups is 1. The van der Waals surface area contributed by atoms with Gasteiger partial charge in [0.25, 0.3) is 0 Å². The second-order valence-electron chi connectivity index (χ2n) is 8.88. The largest absolute Gasteiger partial charge is 0.508 e. The Labute approximate surface area is 183 Å². The Morgan fingerprint density at radius 3 is 2.58 bits per heavy atom. The minimum Gasteiger partial charge on any atom is -0.508 e. The Morgan fingerprint density at radius 1 is 1.19 bits per heavy atom. The molecule has 0 bridgehead atoms. The van der Waals surface area contributed by atoms with Crippen molar-refractivity contribution in [2.75, 3.05) is 26.2 Å². The summed E-state index contributed by atoms with van der Waals surface area (Å²) in [7, 11) is 0. The Morgan fingerprint density at radius 2 is 1.94 bits per heavy atom. The third-order valence-corrected chi connectivity index (χ3v) is 6.66. The molecule has 2 aromatic carbocycles. The van der Waals surface area contributed by atoms with Crippen LogP contribution in [0.1, 0.15) is 31.4 Å². The van der Waals surface area contributed by atoms with Crippen LogP contribution in [0.5, 0.6) is 5.75 Å². The quantitative estimate of drug-likeness (QED) is 0.606. The molecule has 1 heterocycles. The molecule has 31 heavy (non-hydrogen) atoms. The Bertz CT molecular complexity index is 901. The molecule has 0 aliphatic carbocycles. The predicted octanol–water partition coefficient (Wildman–Crippen LogP) is 3.05. The van der Waals surface area contributed by atoms with Crippen molar-refractivity contribution < 1.29 is 19.8 Å². The summed E-state index contributed by atoms with van der Waals surface area (Å²) >= 11 is 0. The van der Waals surface area contributed by atoms with E-state index in [0.717, 1.165) is 30.6 Å². The van der Waals surface area contributed by atoms with Gasteiger partial charge in [0.2, 0.25) is 5.91 Å². The fraction of sp³-hybridized carbons (Fsp3) is 0.440. The Kier molecular flexibility index (Phi) is 7.33. The summed E-state index contributed by atoms with van der Waals surface area (Å²) in [6.45, 7) is 6.35. The van der Waals surface area contributed by atoms with Crippen LogP contribution in [0.15, 0.2) is 54.6 Å². The minimum absolute atomic E-state index is 0.0459. The van der Waals surface area contributed by atoms with E-state index in [0.29, 0.717) is 18.9 Å². The minimum atomic E-state index is -1.04. The number of hydrogen-bond donors (Lipinski definition) is 3. The summed E-state index contributed by atoms with van der Waals surface area (Å²) in [6, 6.07) is 17.3. The van der Waals surface area contributed by atoms with Gasteiger partial charge in [-0.05, 0) is 54.0 Å². The van der Waals surface area contributed by atoms with Crippen LogP contribution in [0.25, 0.3) is 0 Å². The van der Waals surface area contributed by atoms with Crippen LogP contribution in [-0.4, -0.2) is 53.2 Å². The van der Waals surface area contributed by atoms with Crippen LogP contribution in [0, 0.1) is 11.8 Å². The molecule has 0 saturated carbocycles. The molecule has 1 aliphatic rings. The van der Waals surface area contributed by atoms with E-state index in [1.165, 1.54) is 0 Å². The first-order chi connectivity index (χ1) is 14.8. The molecule has 1 unspecified atom stereocenters. The number of nitrogens with one attached hydrogen (secondary N) is 1. The van der Waals surface area contributed by atoms with E-state index >= 15 is 0 Å². The maximum atomic E-state index is 12.8. The zero-order valence-corrected chi connectivity index (χ0v) is 18.3. The summed E-state index contributed by atoms with van der Waals surface area (Å²) in [5.41, 5.74) is 2.16. The smallest absolute Gasteiger partial charge is 0.322 e. The van der Waals surface area contributed by atoms with Crippen LogP contribution in [-0.2, 0) is 21.4 Å². The van der Waals surface area contributed by atoms with Gasteiger partial charge < -0.3 is 20.4 Å². The number of carbonyl (C=O) groups is 2. The molecule has 1 aliphatic heterocycles. The van der Waals surface area contributed by atoms with Gasteiger partial charge in [0, 0.05) is 13.1 Å². The summed E-state index contributed by atoms with van der Waals surface area (Å²) < 4.78 is 0. The maximum absolute atomic E-state index is 12.8. The van der Waals surface area contributed by atoms with Crippen molar-refractivity contribution in [2.24, 2.45) is 11.8 Å². The third-order valence-electron chi connectivity index (χ3n) is 6.66. The number of piperidine rings is 1. The average Bonchev–Trinajstić information content (AvgIpc) is 2.75. The van der Waals surface area contributed by atoms with Crippen molar-refractivity contribution in [3.05, 3.63) is 65.7 Å². The first kappa shape index (κ1) is 22.8. The highest BCUT2D eigenvalue weighted by Gasteiger charge is 2.39. The molecular formula is C25H32N2O4. The average molecular weight is 425 g/mol. The highest BCUT2D eigenvalue weighted by atomic mass is 16.4. The molecule has 6 nitrogen and oxygen atoms in total. The van der Waals surface area contributed by atoms with Crippen molar-refractivity contribution in [2.45, 2.75) is 32.1 Å². The van der Waals surface area contributed by atoms with Gasteiger partial charge in [-0.2, -0.15) is 0 Å². The summed E-state index contributed by atoms with van der Waals surface area (Å²) in [4.78, 5) is 26.0. The second kappa shape index (κ2) is 9.96. The SMILES string of the molecule is CC1CN(C[C@H](Cc2ccccc2)C(=O)NCC(=O)O)CC[C@@]1(C)c1cccc(O)c1. The zero-order valence-electron chi connectivity index (χ0n) is 18.3. The number of carbonyl (C=O) groups excluding carboxylic acids is 1. The molecule has 1 fully saturated rings. The number of phenols is 1. The van der Waals surface area contributed by atoms with Gasteiger partial charge in [-0.25, -0.2) is 0 Å². The first-order valence-electron chi connectivity index (χ1n) is 10.8. The lowest BCUT2D eigenvalue weighted by atomic mass is 9.68. The van der Waals surface area contributed by atoms with Gasteiger partial charge in [-0.3, -0.25) is 9.59 Å². The first-order valence-corrected chi connectivity index (χ1v) is 10.8. The molecule has 1 amide bonds. The van der Waals surface area contributed by atoms with Crippen LogP contribution < -0.4 is 5.32 Å². The molecule has 2 aromatic rings. The van der Waals surface area contributed by atoms with Gasteiger partial charge in [0.15, 0.2) is 0 Å². The molecule has 6 heteroatoms. The lowest BCUT2D eigenvalue weighted by Crippen LogP contribution is -2.50. The number of carboxylic acid groups (broad SMARTS) is 1. The van der Waals surface area contributed by atoms with E-state index in [9.17, 15) is 14.7 Å². The third kappa shape index (κ3) is 5.85. The summed E-state index contributed by atoms with van der Waals surface area (Å²) in [6.07, 6.45) is 1.49. The number of amides is 1. The lowest BCUT2D eigenvalue weighted by Gasteiger charge is -2.45. The monoisotopic (exact) mass is 424 g/mol. The van der Waals surface area contributed by atoms with Crippen molar-refractivity contribution in [1.29, 1.82) is 0 Å². The maximum Gasteiger partial charge on any atom is 0.322 e. The number of nitrogens with zero attached hydrogens (tertiary/aromatic N) is 1. The molecule has 0 spiro atoms. The molecule has 166 valence electrons. The van der Waals surface area contributed by atoms with Gasteiger partial charge in [0.05, 0.1) is 5.92 Å². The van der Waals surface area contributed by atoms with Gasteiger partial charge >= 0.3 is 5.97 Å². The predicted molar refractivity (Wildman–Crippen MR) is 120 cm³/mol. The molecule has 1 saturated heterocycles. The van der Waals surface area contributed by atoms with Crippen LogP contribution in [0.3, 0.4) is 0 Å². The molecule has 3 atom stereocenters. The van der Waals surface area contributed by atoms with Gasteiger partial charge in [-0.1, -0.05) is 56.3 Å². The lowest BCUT2D eigenvalue weighted by molar-refractivity contribution is -0.138. The topological polar surface area (TPSA) is 89.9 Å². The van der Waals surface area contributed by atoms with Crippen molar-refractivity contribution >= 4 is 11.9 Å². The number of rotatable bonds is 8. The Balaban J connectivity index is 1.69. The van der Waals surface area contributed by atoms with Crippen LogP contribution in [0.2, 0.25) is 0 Å². The molecule has 3 rings (SSSR count). The molecule has 0 aromatic heterocycles. The van der Waals surface area contributed by atoms with E-state index in [-0.39, 0.29) is 29.5 Å². The van der Waals surface area contributed by atoms with Crippen molar-refractivity contribution in [1.82, 2.24) is 10.2 Å². The Hall–Kier alpha value is -2.86. The number of likely N-dealkylation sites (tertiary alicyclic amines) is 1. The number of hydrogen-bond acceptors (Lipinski definition) is 4. The number of aliphatic carboxylic acids is 1. The van der Waals surface area contributed by atoms with Gasteiger partial charge in [-0.15, -0.1) is 0 Å². The standard InChI is InChI=1S/C25H32N2O4/c1-18-16-27(12-11-25(18,2)21-9-6-10-22(28)14-21)17-20(24(31)26-15-23(29)30)13-19-7-4-3-5-8-19/h3-10,14,18,20,28H,11-13,15-17H2,1-2H3,(H,26,31)(H,29,30)/t18?,20-,25+/m0/s1. The number of phenolic OH excluding ortho intramolecular Hbond substituents is 1. The summed E-state index contributed by atoms with van der Waals surface area (Å²) in [5.74, 6) is -0.964. The van der Waals surface area contributed by atoms with E-state index in [2.05, 4.69) is 30.1 Å². The van der Waals surface area contributed by atoms with Gasteiger partial charge in [0.1, 0.15) is 12.3 Å². The van der Waals surface area contributed by atoms with Crippen molar-refractivity contribution in [3.8, 4) is 5.75 Å². The fourth-order valence-corrected chi connectivity index (χ4v) is 4.53. The molecular weight excluding hydrogens is 392 g/mol. The fourth-order valence-electron chi connectivity index (χ4n) is 4.53. The van der Waals surface area contributed by atoms with E-state index in [4.69, 9.17) is 5.11 Å². The van der Waals surface area contributed by atoms with E-state index in [1.54, 1.807) is 6.07 Å². The normalized spacial score (nSPS) is 22.6. The highest BCUT2D eigenvalue weighted by Crippen LogP contribution is 2.40. The zero-order chi connectivity index (χ0) is 22.4. The number of carboxylic acids is 1. The van der Waals surface area contributed by atoms with Crippen molar-refractivity contribution in [3.63, 3.8) is 0 Å². The molecule has 3 N–H and O–H groups in total. The highest BCUT2D eigenvalue weighted by molar-refractivity contribution is 5.83. The summed E-state index contributed by atoms with van der Waals surface area (Å²) in [5, 5.41) is 21.4. The second-order valence-corrected chi connectivity index (χ2v) is 8.88. The van der Waals surface area contributed by atoms with E-state index in [1.807, 2.05) is 42.5 Å². The molecule has 0 radical (unpaired) electrons.